The van der Waals surface area contributed by atoms with Gasteiger partial charge in [-0.25, -0.2) is 9.97 Å². The van der Waals surface area contributed by atoms with Crippen LogP contribution in [0.4, 0.5) is 5.95 Å². The highest BCUT2D eigenvalue weighted by molar-refractivity contribution is 5.37. The average molecular weight is 255 g/mol. The molecule has 1 heterocycles. The van der Waals surface area contributed by atoms with Crippen molar-refractivity contribution < 1.29 is 4.74 Å². The Morgan fingerprint density at radius 1 is 1.32 bits per heavy atom. The Bertz CT molecular complexity index is 555. The SMILES string of the molecule is C=CCOc1ccccc1CNc1nccc(C)n1. The highest BCUT2D eigenvalue weighted by Gasteiger charge is 2.03. The van der Waals surface area contributed by atoms with Crippen molar-refractivity contribution in [3.05, 3.63) is 60.4 Å². The van der Waals surface area contributed by atoms with Crippen molar-refractivity contribution in [1.82, 2.24) is 9.97 Å². The van der Waals surface area contributed by atoms with Crippen molar-refractivity contribution in [2.75, 3.05) is 11.9 Å². The summed E-state index contributed by atoms with van der Waals surface area (Å²) in [5.74, 6) is 1.47. The number of rotatable bonds is 6. The van der Waals surface area contributed by atoms with Crippen molar-refractivity contribution in [2.45, 2.75) is 13.5 Å². The molecule has 0 radical (unpaired) electrons. The highest BCUT2D eigenvalue weighted by atomic mass is 16.5. The van der Waals surface area contributed by atoms with Gasteiger partial charge in [0, 0.05) is 24.0 Å². The van der Waals surface area contributed by atoms with Crippen LogP contribution in [-0.2, 0) is 6.54 Å². The summed E-state index contributed by atoms with van der Waals surface area (Å²) in [6.07, 6.45) is 3.47. The number of aromatic nitrogens is 2. The molecule has 1 aromatic carbocycles. The van der Waals surface area contributed by atoms with Gasteiger partial charge in [0.2, 0.25) is 5.95 Å². The molecular weight excluding hydrogens is 238 g/mol. The zero-order valence-electron chi connectivity index (χ0n) is 11.0. The molecule has 0 aliphatic heterocycles. The van der Waals surface area contributed by atoms with Gasteiger partial charge in [-0.1, -0.05) is 30.9 Å². The van der Waals surface area contributed by atoms with E-state index < -0.39 is 0 Å². The molecule has 19 heavy (non-hydrogen) atoms. The summed E-state index contributed by atoms with van der Waals surface area (Å²) in [7, 11) is 0. The Hall–Kier alpha value is -2.36. The molecule has 4 heteroatoms. The van der Waals surface area contributed by atoms with Crippen molar-refractivity contribution in [3.8, 4) is 5.75 Å². The van der Waals surface area contributed by atoms with E-state index in [1.54, 1.807) is 12.3 Å². The number of benzene rings is 1. The first-order chi connectivity index (χ1) is 9.29. The molecule has 0 fully saturated rings. The average Bonchev–Trinajstić information content (AvgIpc) is 2.44. The molecule has 0 amide bonds. The summed E-state index contributed by atoms with van der Waals surface area (Å²) in [6.45, 7) is 6.71. The van der Waals surface area contributed by atoms with E-state index in [0.717, 1.165) is 17.0 Å². The largest absolute Gasteiger partial charge is 0.489 e. The van der Waals surface area contributed by atoms with Gasteiger partial charge in [0.05, 0.1) is 0 Å². The molecule has 1 N–H and O–H groups in total. The van der Waals surface area contributed by atoms with Crippen molar-refractivity contribution in [2.24, 2.45) is 0 Å². The third kappa shape index (κ3) is 3.81. The second kappa shape index (κ2) is 6.54. The van der Waals surface area contributed by atoms with Crippen LogP contribution in [0, 0.1) is 6.92 Å². The molecule has 1 aromatic heterocycles. The maximum Gasteiger partial charge on any atom is 0.223 e. The minimum absolute atomic E-state index is 0.498. The van der Waals surface area contributed by atoms with Gasteiger partial charge < -0.3 is 10.1 Å². The molecule has 0 atom stereocenters. The second-order valence-electron chi connectivity index (χ2n) is 4.08. The van der Waals surface area contributed by atoms with E-state index in [-0.39, 0.29) is 0 Å². The lowest BCUT2D eigenvalue weighted by Crippen LogP contribution is -2.06. The van der Waals surface area contributed by atoms with Gasteiger partial charge in [0.1, 0.15) is 12.4 Å². The molecule has 2 aromatic rings. The first-order valence-electron chi connectivity index (χ1n) is 6.14. The first kappa shape index (κ1) is 13.1. The highest BCUT2D eigenvalue weighted by Crippen LogP contribution is 2.18. The predicted molar refractivity (Wildman–Crippen MR) is 76.2 cm³/mol. The number of ether oxygens (including phenoxy) is 1. The lowest BCUT2D eigenvalue weighted by atomic mass is 10.2. The Morgan fingerprint density at radius 3 is 2.95 bits per heavy atom. The molecule has 0 spiro atoms. The Kier molecular flexibility index (Phi) is 4.50. The molecule has 98 valence electrons. The first-order valence-corrected chi connectivity index (χ1v) is 6.14. The third-order valence-electron chi connectivity index (χ3n) is 2.56. The van der Waals surface area contributed by atoms with Crippen LogP contribution in [0.1, 0.15) is 11.3 Å². The molecule has 0 unspecified atom stereocenters. The number of para-hydroxylation sites is 1. The topological polar surface area (TPSA) is 47.0 Å². The second-order valence-corrected chi connectivity index (χ2v) is 4.08. The molecule has 4 nitrogen and oxygen atoms in total. The fourth-order valence-corrected chi connectivity index (χ4v) is 1.65. The van der Waals surface area contributed by atoms with Gasteiger partial charge in [-0.15, -0.1) is 0 Å². The van der Waals surface area contributed by atoms with Crippen LogP contribution in [0.3, 0.4) is 0 Å². The minimum atomic E-state index is 0.498. The van der Waals surface area contributed by atoms with Gasteiger partial charge in [0.25, 0.3) is 0 Å². The smallest absolute Gasteiger partial charge is 0.223 e. The van der Waals surface area contributed by atoms with E-state index in [4.69, 9.17) is 4.74 Å². The van der Waals surface area contributed by atoms with Gasteiger partial charge in [0.15, 0.2) is 0 Å². The quantitative estimate of drug-likeness (QED) is 0.806. The summed E-state index contributed by atoms with van der Waals surface area (Å²) in [6, 6.07) is 9.76. The Balaban J connectivity index is 2.04. The number of anilines is 1. The van der Waals surface area contributed by atoms with Crippen LogP contribution in [-0.4, -0.2) is 16.6 Å². The van der Waals surface area contributed by atoms with Crippen LogP contribution in [0.5, 0.6) is 5.75 Å². The van der Waals surface area contributed by atoms with Crippen LogP contribution in [0.2, 0.25) is 0 Å². The van der Waals surface area contributed by atoms with E-state index in [1.165, 1.54) is 0 Å². The minimum Gasteiger partial charge on any atom is -0.489 e. The monoisotopic (exact) mass is 255 g/mol. The molecule has 0 saturated heterocycles. The lowest BCUT2D eigenvalue weighted by molar-refractivity contribution is 0.359. The predicted octanol–water partition coefficient (Wildman–Crippen LogP) is 2.96. The third-order valence-corrected chi connectivity index (χ3v) is 2.56. The molecule has 0 aliphatic carbocycles. The molecular formula is C15H17N3O. The van der Waals surface area contributed by atoms with E-state index >= 15 is 0 Å². The van der Waals surface area contributed by atoms with E-state index in [1.807, 2.05) is 37.3 Å². The molecule has 0 saturated carbocycles. The van der Waals surface area contributed by atoms with Crippen molar-refractivity contribution in [3.63, 3.8) is 0 Å². The number of nitrogens with one attached hydrogen (secondary N) is 1. The number of hydrogen-bond donors (Lipinski definition) is 1. The van der Waals surface area contributed by atoms with Crippen LogP contribution in [0.15, 0.2) is 49.2 Å². The van der Waals surface area contributed by atoms with E-state index in [9.17, 15) is 0 Å². The summed E-state index contributed by atoms with van der Waals surface area (Å²) in [5, 5.41) is 3.19. The Morgan fingerprint density at radius 2 is 2.16 bits per heavy atom. The maximum absolute atomic E-state index is 5.60. The number of nitrogens with zero attached hydrogens (tertiary/aromatic N) is 2. The normalized spacial score (nSPS) is 9.95. The van der Waals surface area contributed by atoms with Crippen LogP contribution >= 0.6 is 0 Å². The summed E-state index contributed by atoms with van der Waals surface area (Å²) < 4.78 is 5.60. The lowest BCUT2D eigenvalue weighted by Gasteiger charge is -2.11. The van der Waals surface area contributed by atoms with Gasteiger partial charge in [-0.2, -0.15) is 0 Å². The Labute approximate surface area is 113 Å². The standard InChI is InChI=1S/C15H17N3O/c1-3-10-19-14-7-5-4-6-13(14)11-17-15-16-9-8-12(2)18-15/h3-9H,1,10-11H2,2H3,(H,16,17,18). The van der Waals surface area contributed by atoms with E-state index in [0.29, 0.717) is 19.1 Å². The fraction of sp³-hybridized carbons (Fsp3) is 0.200. The molecule has 0 aliphatic rings. The van der Waals surface area contributed by atoms with Gasteiger partial charge in [-0.05, 0) is 19.1 Å². The molecule has 2 rings (SSSR count). The maximum atomic E-state index is 5.60. The fourth-order valence-electron chi connectivity index (χ4n) is 1.65. The van der Waals surface area contributed by atoms with Crippen molar-refractivity contribution in [1.29, 1.82) is 0 Å². The van der Waals surface area contributed by atoms with Crippen molar-refractivity contribution >= 4 is 5.95 Å². The number of aryl methyl sites for hydroxylation is 1. The summed E-state index contributed by atoms with van der Waals surface area (Å²) in [5.41, 5.74) is 2.00. The van der Waals surface area contributed by atoms with Gasteiger partial charge in [-0.3, -0.25) is 0 Å². The van der Waals surface area contributed by atoms with Crippen LogP contribution in [0.25, 0.3) is 0 Å². The zero-order valence-corrected chi connectivity index (χ0v) is 11.0. The van der Waals surface area contributed by atoms with E-state index in [2.05, 4.69) is 21.9 Å². The summed E-state index contributed by atoms with van der Waals surface area (Å²) in [4.78, 5) is 8.47. The number of hydrogen-bond acceptors (Lipinski definition) is 4. The molecule has 0 bridgehead atoms. The van der Waals surface area contributed by atoms with Crippen LogP contribution < -0.4 is 10.1 Å². The zero-order chi connectivity index (χ0) is 13.5. The van der Waals surface area contributed by atoms with Gasteiger partial charge >= 0.3 is 0 Å². The summed E-state index contributed by atoms with van der Waals surface area (Å²) >= 11 is 0.